The zero-order valence-electron chi connectivity index (χ0n) is 17.8. The second-order valence-electron chi connectivity index (χ2n) is 7.75. The van der Waals surface area contributed by atoms with Crippen molar-refractivity contribution in [3.05, 3.63) is 36.1 Å². The number of hydrogen-bond acceptors (Lipinski definition) is 8. The maximum atomic E-state index is 14.1. The molecule has 4 aromatic rings. The van der Waals surface area contributed by atoms with Gasteiger partial charge >= 0.3 is 0 Å². The number of halogens is 1. The highest BCUT2D eigenvalue weighted by atomic mass is 32.2. The maximum Gasteiger partial charge on any atom is 0.257 e. The van der Waals surface area contributed by atoms with Crippen LogP contribution in [0.5, 0.6) is 0 Å². The third-order valence-electron chi connectivity index (χ3n) is 5.50. The van der Waals surface area contributed by atoms with Crippen LogP contribution in [-0.2, 0) is 14.6 Å². The molecule has 0 radical (unpaired) electrons. The van der Waals surface area contributed by atoms with Crippen molar-refractivity contribution in [3.8, 4) is 5.95 Å². The molecule has 168 valence electrons. The molecule has 1 aliphatic heterocycles. The van der Waals surface area contributed by atoms with E-state index < -0.39 is 15.7 Å². The van der Waals surface area contributed by atoms with Crippen LogP contribution in [0.4, 0.5) is 16.2 Å². The number of aromatic nitrogens is 5. The lowest BCUT2D eigenvalue weighted by Crippen LogP contribution is -2.44. The van der Waals surface area contributed by atoms with Gasteiger partial charge in [-0.2, -0.15) is 4.98 Å². The molecule has 10 nitrogen and oxygen atoms in total. The van der Waals surface area contributed by atoms with Crippen molar-refractivity contribution in [1.82, 2.24) is 24.1 Å². The molecule has 0 unspecified atom stereocenters. The van der Waals surface area contributed by atoms with Crippen LogP contribution in [-0.4, -0.2) is 71.7 Å². The first-order chi connectivity index (χ1) is 15.3. The van der Waals surface area contributed by atoms with E-state index in [-0.39, 0.29) is 17.0 Å². The van der Waals surface area contributed by atoms with Gasteiger partial charge < -0.3 is 15.0 Å². The predicted octanol–water partition coefficient (Wildman–Crippen LogP) is 1.88. The second-order valence-corrected chi connectivity index (χ2v) is 9.71. The normalized spacial score (nSPS) is 17.4. The van der Waals surface area contributed by atoms with Gasteiger partial charge in [0.2, 0.25) is 5.95 Å². The third kappa shape index (κ3) is 3.26. The topological polar surface area (TPSA) is 107 Å². The summed E-state index contributed by atoms with van der Waals surface area (Å²) >= 11 is 0. The number of hydrogen-bond donors (Lipinski definition) is 1. The molecule has 12 heteroatoms. The fourth-order valence-corrected chi connectivity index (χ4v) is 4.76. The van der Waals surface area contributed by atoms with E-state index in [2.05, 4.69) is 20.3 Å². The molecular formula is C20H22FN7O3S. The molecule has 0 bridgehead atoms. The molecule has 5 rings (SSSR count). The van der Waals surface area contributed by atoms with E-state index in [1.54, 1.807) is 23.7 Å². The molecule has 4 heterocycles. The van der Waals surface area contributed by atoms with E-state index in [1.165, 1.54) is 22.7 Å². The van der Waals surface area contributed by atoms with Gasteiger partial charge in [-0.25, -0.2) is 26.9 Å². The van der Waals surface area contributed by atoms with Crippen LogP contribution in [0.2, 0.25) is 0 Å². The van der Waals surface area contributed by atoms with Gasteiger partial charge in [-0.05, 0) is 31.2 Å². The summed E-state index contributed by atoms with van der Waals surface area (Å²) in [6.45, 7) is 3.65. The minimum Gasteiger partial charge on any atom is -0.377 e. The summed E-state index contributed by atoms with van der Waals surface area (Å²) in [6, 6.07) is 7.49. The smallest absolute Gasteiger partial charge is 0.257 e. The average molecular weight is 460 g/mol. The standard InChI is InChI=1S/C20H22FN7O3S/c1-12-11-31-9-8-26(12)18-15-6-7-17(32(3,29)30)28(15)25-20(24-18)27-16-10-13(21)4-5-14(16)23-19(27)22-2/h4-7,10,12H,8-9,11H2,1-3H3,(H,22,23)/t12-/m1/s1. The number of nitrogens with zero attached hydrogens (tertiary/aromatic N) is 6. The first-order valence-electron chi connectivity index (χ1n) is 10.1. The summed E-state index contributed by atoms with van der Waals surface area (Å²) in [6.07, 6.45) is 1.13. The van der Waals surface area contributed by atoms with Crippen molar-refractivity contribution >= 4 is 38.2 Å². The number of rotatable bonds is 4. The molecule has 1 N–H and O–H groups in total. The van der Waals surface area contributed by atoms with Crippen molar-refractivity contribution < 1.29 is 17.5 Å². The number of fused-ring (bicyclic) bond motifs is 2. The monoisotopic (exact) mass is 459 g/mol. The van der Waals surface area contributed by atoms with Gasteiger partial charge in [0.1, 0.15) is 11.3 Å². The number of sulfone groups is 1. The van der Waals surface area contributed by atoms with Crippen molar-refractivity contribution in [2.45, 2.75) is 18.0 Å². The predicted molar refractivity (Wildman–Crippen MR) is 118 cm³/mol. The Kier molecular flexibility index (Phi) is 4.78. The van der Waals surface area contributed by atoms with Gasteiger partial charge in [-0.3, -0.25) is 0 Å². The van der Waals surface area contributed by atoms with Crippen molar-refractivity contribution in [3.63, 3.8) is 0 Å². The fraction of sp³-hybridized carbons (Fsp3) is 0.350. The van der Waals surface area contributed by atoms with Gasteiger partial charge in [-0.15, -0.1) is 5.10 Å². The van der Waals surface area contributed by atoms with Crippen LogP contribution in [0.15, 0.2) is 35.4 Å². The van der Waals surface area contributed by atoms with Crippen LogP contribution < -0.4 is 10.2 Å². The molecule has 0 aliphatic carbocycles. The molecule has 1 aromatic carbocycles. The average Bonchev–Trinajstić information content (AvgIpc) is 3.34. The molecule has 0 spiro atoms. The number of ether oxygens (including phenoxy) is 1. The lowest BCUT2D eigenvalue weighted by atomic mass is 10.2. The number of nitrogens with one attached hydrogen (secondary N) is 1. The zero-order chi connectivity index (χ0) is 22.6. The Morgan fingerprint density at radius 1 is 1.19 bits per heavy atom. The van der Waals surface area contributed by atoms with Gasteiger partial charge in [-0.1, -0.05) is 0 Å². The highest BCUT2D eigenvalue weighted by Gasteiger charge is 2.27. The highest BCUT2D eigenvalue weighted by Crippen LogP contribution is 2.29. The van der Waals surface area contributed by atoms with E-state index in [0.717, 1.165) is 6.26 Å². The summed E-state index contributed by atoms with van der Waals surface area (Å²) in [5.41, 5.74) is 1.57. The summed E-state index contributed by atoms with van der Waals surface area (Å²) in [5, 5.41) is 7.57. The Bertz CT molecular complexity index is 1450. The van der Waals surface area contributed by atoms with Gasteiger partial charge in [0.05, 0.1) is 30.3 Å². The number of benzene rings is 1. The molecule has 0 amide bonds. The number of imidazole rings is 1. The largest absolute Gasteiger partial charge is 0.377 e. The molecule has 1 atom stereocenters. The Morgan fingerprint density at radius 2 is 2.00 bits per heavy atom. The van der Waals surface area contributed by atoms with Crippen LogP contribution in [0.1, 0.15) is 6.92 Å². The molecule has 1 fully saturated rings. The Balaban J connectivity index is 1.85. The summed E-state index contributed by atoms with van der Waals surface area (Å²) in [5.74, 6) is 0.715. The van der Waals surface area contributed by atoms with Crippen LogP contribution in [0.25, 0.3) is 22.5 Å². The van der Waals surface area contributed by atoms with Gasteiger partial charge in [0.25, 0.3) is 5.95 Å². The summed E-state index contributed by atoms with van der Waals surface area (Å²) in [4.78, 5) is 11.4. The van der Waals surface area contributed by atoms with Crippen molar-refractivity contribution in [1.29, 1.82) is 0 Å². The molecule has 32 heavy (non-hydrogen) atoms. The molecule has 1 saturated heterocycles. The quantitative estimate of drug-likeness (QED) is 0.493. The molecular weight excluding hydrogens is 437 g/mol. The minimum atomic E-state index is -3.57. The maximum absolute atomic E-state index is 14.1. The highest BCUT2D eigenvalue weighted by molar-refractivity contribution is 7.90. The Hall–Kier alpha value is -3.25. The first kappa shape index (κ1) is 20.6. The summed E-state index contributed by atoms with van der Waals surface area (Å²) in [7, 11) is -1.88. The van der Waals surface area contributed by atoms with E-state index in [1.807, 2.05) is 6.92 Å². The van der Waals surface area contributed by atoms with Gasteiger partial charge in [0.15, 0.2) is 20.7 Å². The van der Waals surface area contributed by atoms with E-state index in [4.69, 9.17) is 9.72 Å². The lowest BCUT2D eigenvalue weighted by Gasteiger charge is -2.34. The lowest BCUT2D eigenvalue weighted by molar-refractivity contribution is 0.0986. The van der Waals surface area contributed by atoms with Gasteiger partial charge in [0, 0.05) is 25.9 Å². The summed E-state index contributed by atoms with van der Waals surface area (Å²) < 4.78 is 47.5. The number of anilines is 2. The first-order valence-corrected chi connectivity index (χ1v) is 12.0. The van der Waals surface area contributed by atoms with Crippen molar-refractivity contribution in [2.24, 2.45) is 0 Å². The van der Waals surface area contributed by atoms with E-state index >= 15 is 0 Å². The zero-order valence-corrected chi connectivity index (χ0v) is 18.6. The Morgan fingerprint density at radius 3 is 2.72 bits per heavy atom. The second kappa shape index (κ2) is 7.41. The van der Waals surface area contributed by atoms with Crippen LogP contribution >= 0.6 is 0 Å². The Labute approximate surface area is 183 Å². The minimum absolute atomic E-state index is 0.0210. The third-order valence-corrected chi connectivity index (χ3v) is 6.57. The fourth-order valence-electron chi connectivity index (χ4n) is 3.99. The molecule has 1 aliphatic rings. The van der Waals surface area contributed by atoms with Crippen molar-refractivity contribution in [2.75, 3.05) is 43.3 Å². The molecule has 3 aromatic heterocycles. The van der Waals surface area contributed by atoms with E-state index in [9.17, 15) is 12.8 Å². The van der Waals surface area contributed by atoms with Crippen LogP contribution in [0, 0.1) is 5.82 Å². The van der Waals surface area contributed by atoms with Crippen LogP contribution in [0.3, 0.4) is 0 Å². The SMILES string of the molecule is CNc1nc2ccc(F)cc2n1-c1nc(N2CCOC[C@H]2C)c2ccc(S(C)(=O)=O)n2n1. The molecule has 0 saturated carbocycles. The number of morpholine rings is 1. The van der Waals surface area contributed by atoms with E-state index in [0.29, 0.717) is 48.1 Å².